The molecule has 0 amide bonds. The average molecular weight is 507 g/mol. The fraction of sp³-hybridized carbons (Fsp3) is 0.0667. The molecule has 4 nitrogen and oxygen atoms in total. The highest BCUT2D eigenvalue weighted by molar-refractivity contribution is 7.80. The molecule has 0 bridgehead atoms. The van der Waals surface area contributed by atoms with E-state index in [1.165, 1.54) is 0 Å². The van der Waals surface area contributed by atoms with E-state index in [0.717, 1.165) is 11.4 Å². The molecule has 0 unspecified atom stereocenters. The van der Waals surface area contributed by atoms with Crippen LogP contribution in [0.4, 0.5) is 22.7 Å². The molecule has 4 aromatic rings. The zero-order valence-corrected chi connectivity index (χ0v) is 21.4. The lowest BCUT2D eigenvalue weighted by molar-refractivity contribution is 0.0980. The highest BCUT2D eigenvalue weighted by Crippen LogP contribution is 2.43. The van der Waals surface area contributed by atoms with Gasteiger partial charge in [0.05, 0.1) is 32.5 Å². The van der Waals surface area contributed by atoms with Crippen LogP contribution in [0, 0.1) is 0 Å². The molecule has 0 atom stereocenters. The minimum Gasteiger partial charge on any atom is -0.304 e. The zero-order chi connectivity index (χ0) is 25.4. The second kappa shape index (κ2) is 9.57. The Balaban J connectivity index is 1.84. The first-order valence-electron chi connectivity index (χ1n) is 11.5. The minimum absolute atomic E-state index is 0.218. The number of ketones is 2. The van der Waals surface area contributed by atoms with Crippen molar-refractivity contribution >= 4 is 68.7 Å². The van der Waals surface area contributed by atoms with Crippen LogP contribution in [0.25, 0.3) is 0 Å². The van der Waals surface area contributed by atoms with Crippen LogP contribution in [0.5, 0.6) is 0 Å². The van der Waals surface area contributed by atoms with Crippen LogP contribution in [0.2, 0.25) is 0 Å². The van der Waals surface area contributed by atoms with Gasteiger partial charge in [0.25, 0.3) is 0 Å². The molecule has 0 radical (unpaired) electrons. The van der Waals surface area contributed by atoms with E-state index < -0.39 is 0 Å². The molecule has 4 aromatic carbocycles. The molecule has 0 saturated carbocycles. The van der Waals surface area contributed by atoms with Gasteiger partial charge in [0.15, 0.2) is 11.6 Å². The van der Waals surface area contributed by atoms with Crippen LogP contribution in [0.15, 0.2) is 97.1 Å². The molecule has 176 valence electrons. The van der Waals surface area contributed by atoms with Gasteiger partial charge in [0.2, 0.25) is 0 Å². The lowest BCUT2D eigenvalue weighted by Gasteiger charge is -2.33. The molecule has 0 N–H and O–H groups in total. The molecule has 0 spiro atoms. The van der Waals surface area contributed by atoms with Gasteiger partial charge in [-0.05, 0) is 50.2 Å². The maximum absolute atomic E-state index is 14.0. The van der Waals surface area contributed by atoms with Crippen molar-refractivity contribution in [1.29, 1.82) is 0 Å². The van der Waals surface area contributed by atoms with Crippen molar-refractivity contribution in [2.45, 2.75) is 13.8 Å². The van der Waals surface area contributed by atoms with E-state index in [2.05, 4.69) is 0 Å². The molecule has 5 rings (SSSR count). The number of anilines is 4. The van der Waals surface area contributed by atoms with E-state index in [0.29, 0.717) is 43.6 Å². The predicted octanol–water partition coefficient (Wildman–Crippen LogP) is 7.43. The van der Waals surface area contributed by atoms with Gasteiger partial charge in [-0.15, -0.1) is 0 Å². The predicted molar refractivity (Wildman–Crippen MR) is 153 cm³/mol. The molecule has 6 heteroatoms. The summed E-state index contributed by atoms with van der Waals surface area (Å²) >= 11 is 11.3. The third-order valence-corrected chi connectivity index (χ3v) is 6.54. The van der Waals surface area contributed by atoms with Gasteiger partial charge in [-0.25, -0.2) is 0 Å². The summed E-state index contributed by atoms with van der Waals surface area (Å²) in [6, 6.07) is 29.9. The van der Waals surface area contributed by atoms with Crippen molar-refractivity contribution in [3.8, 4) is 0 Å². The fourth-order valence-corrected chi connectivity index (χ4v) is 5.10. The number of carbonyl (C=O) groups is 2. The minimum atomic E-state index is -0.218. The third kappa shape index (κ3) is 3.94. The Labute approximate surface area is 220 Å². The lowest BCUT2D eigenvalue weighted by atomic mass is 9.81. The highest BCUT2D eigenvalue weighted by Gasteiger charge is 2.37. The summed E-state index contributed by atoms with van der Waals surface area (Å²) in [5.41, 5.74) is 4.16. The van der Waals surface area contributed by atoms with Crippen LogP contribution < -0.4 is 9.80 Å². The zero-order valence-electron chi connectivity index (χ0n) is 19.8. The Morgan fingerprint density at radius 3 is 1.19 bits per heavy atom. The molecule has 1 aliphatic carbocycles. The molecule has 0 saturated heterocycles. The van der Waals surface area contributed by atoms with E-state index >= 15 is 0 Å². The first-order chi connectivity index (χ1) is 17.4. The molecule has 0 heterocycles. The fourth-order valence-electron chi connectivity index (χ4n) is 4.70. The third-order valence-electron chi connectivity index (χ3n) is 6.17. The van der Waals surface area contributed by atoms with Crippen LogP contribution >= 0.6 is 24.4 Å². The number of para-hydroxylation sites is 2. The Morgan fingerprint density at radius 1 is 0.528 bits per heavy atom. The Hall–Kier alpha value is -4.00. The van der Waals surface area contributed by atoms with Gasteiger partial charge in [0, 0.05) is 22.5 Å². The van der Waals surface area contributed by atoms with Crippen molar-refractivity contribution < 1.29 is 9.59 Å². The number of carbonyl (C=O) groups excluding carboxylic acids is 2. The molecular formula is C30H22N2O2S2. The highest BCUT2D eigenvalue weighted by atomic mass is 32.1. The van der Waals surface area contributed by atoms with Gasteiger partial charge in [-0.3, -0.25) is 9.59 Å². The Bertz CT molecular complexity index is 1420. The number of rotatable bonds is 4. The number of hydrogen-bond donors (Lipinski definition) is 0. The largest absolute Gasteiger partial charge is 0.304 e. The summed E-state index contributed by atoms with van der Waals surface area (Å²) < 4.78 is 0. The number of benzene rings is 4. The average Bonchev–Trinajstić information content (AvgIpc) is 2.89. The maximum Gasteiger partial charge on any atom is 0.196 e. The van der Waals surface area contributed by atoms with Crippen LogP contribution in [0.1, 0.15) is 45.7 Å². The SMILES string of the molecule is CC(=S)N(c1ccccc1)c1ccc(N(C(C)=S)c2ccccc2)c2c1C(=O)c1ccccc1C2=O. The molecule has 0 aromatic heterocycles. The van der Waals surface area contributed by atoms with Crippen LogP contribution in [-0.4, -0.2) is 21.5 Å². The molecule has 0 fully saturated rings. The maximum atomic E-state index is 14.0. The van der Waals surface area contributed by atoms with E-state index in [-0.39, 0.29) is 11.6 Å². The standard InChI is InChI=1S/C30H22N2O2S2/c1-19(35)31(21-11-5-3-6-12-21)25-17-18-26(32(20(2)36)22-13-7-4-8-14-22)28-27(25)29(33)23-15-9-10-16-24(23)30(28)34/h3-18H,1-2H3. The van der Waals surface area contributed by atoms with E-state index in [1.54, 1.807) is 24.3 Å². The first-order valence-corrected chi connectivity index (χ1v) is 12.3. The summed E-state index contributed by atoms with van der Waals surface area (Å²) in [5, 5.41) is 0. The Morgan fingerprint density at radius 2 is 0.861 bits per heavy atom. The first kappa shape index (κ1) is 23.7. The van der Waals surface area contributed by atoms with Gasteiger partial charge in [-0.1, -0.05) is 85.1 Å². The van der Waals surface area contributed by atoms with E-state index in [4.69, 9.17) is 24.4 Å². The lowest BCUT2D eigenvalue weighted by Crippen LogP contribution is -2.31. The quantitative estimate of drug-likeness (QED) is 0.236. The van der Waals surface area contributed by atoms with Gasteiger partial charge < -0.3 is 9.80 Å². The van der Waals surface area contributed by atoms with Crippen molar-refractivity contribution in [1.82, 2.24) is 0 Å². The van der Waals surface area contributed by atoms with Gasteiger partial charge in [0.1, 0.15) is 0 Å². The monoisotopic (exact) mass is 506 g/mol. The molecule has 36 heavy (non-hydrogen) atoms. The second-order valence-corrected chi connectivity index (χ2v) is 9.62. The smallest absolute Gasteiger partial charge is 0.196 e. The molecule has 1 aliphatic rings. The molecular weight excluding hydrogens is 484 g/mol. The van der Waals surface area contributed by atoms with Crippen molar-refractivity contribution in [3.63, 3.8) is 0 Å². The van der Waals surface area contributed by atoms with Gasteiger partial charge in [-0.2, -0.15) is 0 Å². The van der Waals surface area contributed by atoms with Crippen molar-refractivity contribution in [2.24, 2.45) is 0 Å². The summed E-state index contributed by atoms with van der Waals surface area (Å²) in [6.07, 6.45) is 0. The summed E-state index contributed by atoms with van der Waals surface area (Å²) in [6.45, 7) is 3.62. The van der Waals surface area contributed by atoms with Crippen molar-refractivity contribution in [2.75, 3.05) is 9.80 Å². The Kier molecular flexibility index (Phi) is 6.31. The van der Waals surface area contributed by atoms with E-state index in [1.807, 2.05) is 96.4 Å². The normalized spacial score (nSPS) is 11.9. The molecule has 0 aliphatic heterocycles. The second-order valence-electron chi connectivity index (χ2n) is 8.44. The van der Waals surface area contributed by atoms with Gasteiger partial charge >= 0.3 is 0 Å². The number of thiocarbonyl (C=S) groups is 2. The van der Waals surface area contributed by atoms with Crippen LogP contribution in [0.3, 0.4) is 0 Å². The van der Waals surface area contributed by atoms with E-state index in [9.17, 15) is 9.59 Å². The summed E-state index contributed by atoms with van der Waals surface area (Å²) in [5.74, 6) is -0.437. The topological polar surface area (TPSA) is 40.6 Å². The number of nitrogens with zero attached hydrogens (tertiary/aromatic N) is 2. The van der Waals surface area contributed by atoms with Crippen LogP contribution in [-0.2, 0) is 0 Å². The number of fused-ring (bicyclic) bond motifs is 2. The summed E-state index contributed by atoms with van der Waals surface area (Å²) in [7, 11) is 0. The van der Waals surface area contributed by atoms with Crippen molar-refractivity contribution in [3.05, 3.63) is 119 Å². The summed E-state index contributed by atoms with van der Waals surface area (Å²) in [4.78, 5) is 32.9. The number of hydrogen-bond acceptors (Lipinski definition) is 4.